The molecule has 4 nitrogen and oxygen atoms in total. The average molecular weight is 242 g/mol. The molecule has 0 unspecified atom stereocenters. The molecule has 100 valence electrons. The number of rotatable bonds is 7. The van der Waals surface area contributed by atoms with Gasteiger partial charge in [0.25, 0.3) is 0 Å². The molecule has 0 aromatic rings. The van der Waals surface area contributed by atoms with Crippen molar-refractivity contribution < 1.29 is 9.53 Å². The van der Waals surface area contributed by atoms with Crippen LogP contribution in [0.5, 0.6) is 0 Å². The molecule has 1 amide bonds. The van der Waals surface area contributed by atoms with E-state index in [4.69, 9.17) is 4.74 Å². The standard InChI is InChI=1S/C13H26N2O2/c1-4-14-13(16)10-15-7-5-12(9-15)17-8-6-11(2)3/h11-12H,4-10H2,1-3H3,(H,14,16)/t12-/m1/s1. The topological polar surface area (TPSA) is 41.6 Å². The zero-order valence-electron chi connectivity index (χ0n) is 11.4. The summed E-state index contributed by atoms with van der Waals surface area (Å²) in [6.45, 7) is 10.3. The van der Waals surface area contributed by atoms with Crippen molar-refractivity contribution in [2.45, 2.75) is 39.7 Å². The maximum atomic E-state index is 11.4. The summed E-state index contributed by atoms with van der Waals surface area (Å²) >= 11 is 0. The molecule has 17 heavy (non-hydrogen) atoms. The van der Waals surface area contributed by atoms with E-state index in [2.05, 4.69) is 24.1 Å². The summed E-state index contributed by atoms with van der Waals surface area (Å²) in [5.74, 6) is 0.818. The molecule has 0 aliphatic carbocycles. The molecule has 0 spiro atoms. The predicted molar refractivity (Wildman–Crippen MR) is 68.9 cm³/mol. The SMILES string of the molecule is CCNC(=O)CN1CC[C@@H](OCCC(C)C)C1. The molecule has 4 heteroatoms. The summed E-state index contributed by atoms with van der Waals surface area (Å²) in [7, 11) is 0. The third-order valence-electron chi connectivity index (χ3n) is 3.02. The van der Waals surface area contributed by atoms with Crippen molar-refractivity contribution in [3.05, 3.63) is 0 Å². The highest BCUT2D eigenvalue weighted by atomic mass is 16.5. The van der Waals surface area contributed by atoms with Crippen LogP contribution in [0.4, 0.5) is 0 Å². The van der Waals surface area contributed by atoms with Gasteiger partial charge in [-0.05, 0) is 25.7 Å². The van der Waals surface area contributed by atoms with Gasteiger partial charge in [-0.1, -0.05) is 13.8 Å². The molecule has 0 aromatic carbocycles. The molecule has 0 radical (unpaired) electrons. The second kappa shape index (κ2) is 7.67. The number of likely N-dealkylation sites (tertiary alicyclic amines) is 1. The van der Waals surface area contributed by atoms with E-state index in [0.717, 1.165) is 32.5 Å². The number of hydrogen-bond donors (Lipinski definition) is 1. The highest BCUT2D eigenvalue weighted by Crippen LogP contribution is 2.13. The van der Waals surface area contributed by atoms with Crippen LogP contribution in [-0.2, 0) is 9.53 Å². The number of nitrogens with zero attached hydrogens (tertiary/aromatic N) is 1. The molecule has 1 N–H and O–H groups in total. The first-order valence-electron chi connectivity index (χ1n) is 6.72. The van der Waals surface area contributed by atoms with Gasteiger partial charge in [0.2, 0.25) is 5.91 Å². The maximum Gasteiger partial charge on any atom is 0.234 e. The normalized spacial score (nSPS) is 21.1. The Balaban J connectivity index is 2.12. The number of likely N-dealkylation sites (N-methyl/N-ethyl adjacent to an activating group) is 1. The summed E-state index contributed by atoms with van der Waals surface area (Å²) in [4.78, 5) is 13.6. The zero-order valence-corrected chi connectivity index (χ0v) is 11.4. The average Bonchev–Trinajstić information content (AvgIpc) is 2.65. The second-order valence-corrected chi connectivity index (χ2v) is 5.15. The van der Waals surface area contributed by atoms with Gasteiger partial charge < -0.3 is 10.1 Å². The highest BCUT2D eigenvalue weighted by molar-refractivity contribution is 5.77. The minimum absolute atomic E-state index is 0.121. The second-order valence-electron chi connectivity index (χ2n) is 5.15. The monoisotopic (exact) mass is 242 g/mol. The summed E-state index contributed by atoms with van der Waals surface area (Å²) < 4.78 is 5.81. The van der Waals surface area contributed by atoms with Gasteiger partial charge in [0, 0.05) is 26.2 Å². The van der Waals surface area contributed by atoms with Gasteiger partial charge in [-0.25, -0.2) is 0 Å². The van der Waals surface area contributed by atoms with E-state index in [0.29, 0.717) is 25.1 Å². The van der Waals surface area contributed by atoms with Crippen molar-refractivity contribution in [2.24, 2.45) is 5.92 Å². The van der Waals surface area contributed by atoms with Gasteiger partial charge in [-0.3, -0.25) is 9.69 Å². The summed E-state index contributed by atoms with van der Waals surface area (Å²) in [6, 6.07) is 0. The molecule has 1 saturated heterocycles. The molecule has 0 bridgehead atoms. The smallest absolute Gasteiger partial charge is 0.234 e. The van der Waals surface area contributed by atoms with Crippen molar-refractivity contribution in [3.63, 3.8) is 0 Å². The third-order valence-corrected chi connectivity index (χ3v) is 3.02. The molecule has 1 rings (SSSR count). The Hall–Kier alpha value is -0.610. The predicted octanol–water partition coefficient (Wildman–Crippen LogP) is 1.26. The molecular formula is C13H26N2O2. The number of nitrogens with one attached hydrogen (secondary N) is 1. The third kappa shape index (κ3) is 6.03. The number of hydrogen-bond acceptors (Lipinski definition) is 3. The van der Waals surface area contributed by atoms with Crippen LogP contribution >= 0.6 is 0 Å². The minimum Gasteiger partial charge on any atom is -0.377 e. The lowest BCUT2D eigenvalue weighted by atomic mass is 10.1. The van der Waals surface area contributed by atoms with Gasteiger partial charge in [-0.2, -0.15) is 0 Å². The lowest BCUT2D eigenvalue weighted by Crippen LogP contribution is -2.36. The Morgan fingerprint density at radius 1 is 1.53 bits per heavy atom. The van der Waals surface area contributed by atoms with E-state index in [-0.39, 0.29) is 5.91 Å². The first kappa shape index (κ1) is 14.5. The number of amides is 1. The lowest BCUT2D eigenvalue weighted by Gasteiger charge is -2.16. The van der Waals surface area contributed by atoms with Crippen LogP contribution in [0, 0.1) is 5.92 Å². The van der Waals surface area contributed by atoms with E-state index < -0.39 is 0 Å². The fourth-order valence-corrected chi connectivity index (χ4v) is 2.00. The van der Waals surface area contributed by atoms with Crippen LogP contribution in [0.2, 0.25) is 0 Å². The van der Waals surface area contributed by atoms with Crippen molar-refractivity contribution in [1.29, 1.82) is 0 Å². The largest absolute Gasteiger partial charge is 0.377 e. The van der Waals surface area contributed by atoms with E-state index in [1.165, 1.54) is 0 Å². The van der Waals surface area contributed by atoms with E-state index in [1.54, 1.807) is 0 Å². The Kier molecular flexibility index (Phi) is 6.52. The Morgan fingerprint density at radius 3 is 2.94 bits per heavy atom. The lowest BCUT2D eigenvalue weighted by molar-refractivity contribution is -0.122. The van der Waals surface area contributed by atoms with Crippen LogP contribution in [-0.4, -0.2) is 49.7 Å². The summed E-state index contributed by atoms with van der Waals surface area (Å²) in [5, 5.41) is 2.82. The van der Waals surface area contributed by atoms with E-state index in [9.17, 15) is 4.79 Å². The molecule has 1 fully saturated rings. The molecule has 1 heterocycles. The molecule has 1 aliphatic heterocycles. The van der Waals surface area contributed by atoms with Crippen molar-refractivity contribution in [2.75, 3.05) is 32.8 Å². The van der Waals surface area contributed by atoms with Crippen LogP contribution in [0.3, 0.4) is 0 Å². The quantitative estimate of drug-likeness (QED) is 0.731. The van der Waals surface area contributed by atoms with Gasteiger partial charge in [0.05, 0.1) is 12.6 Å². The minimum atomic E-state index is 0.121. The van der Waals surface area contributed by atoms with Gasteiger partial charge in [-0.15, -0.1) is 0 Å². The zero-order chi connectivity index (χ0) is 12.7. The van der Waals surface area contributed by atoms with Crippen LogP contribution in [0.25, 0.3) is 0 Å². The summed E-state index contributed by atoms with van der Waals surface area (Å²) in [5.41, 5.74) is 0. The van der Waals surface area contributed by atoms with E-state index >= 15 is 0 Å². The fourth-order valence-electron chi connectivity index (χ4n) is 2.00. The first-order valence-corrected chi connectivity index (χ1v) is 6.72. The molecule has 1 atom stereocenters. The van der Waals surface area contributed by atoms with Crippen LogP contribution in [0.1, 0.15) is 33.6 Å². The molecule has 0 aromatic heterocycles. The van der Waals surface area contributed by atoms with Gasteiger partial charge in [0.15, 0.2) is 0 Å². The van der Waals surface area contributed by atoms with Crippen LogP contribution < -0.4 is 5.32 Å². The van der Waals surface area contributed by atoms with Crippen LogP contribution in [0.15, 0.2) is 0 Å². The van der Waals surface area contributed by atoms with Gasteiger partial charge >= 0.3 is 0 Å². The number of carbonyl (C=O) groups excluding carboxylic acids is 1. The highest BCUT2D eigenvalue weighted by Gasteiger charge is 2.24. The van der Waals surface area contributed by atoms with Crippen molar-refractivity contribution in [1.82, 2.24) is 10.2 Å². The maximum absolute atomic E-state index is 11.4. The summed E-state index contributed by atoms with van der Waals surface area (Å²) in [6.07, 6.45) is 2.49. The molecule has 1 aliphatic rings. The number of carbonyl (C=O) groups is 1. The van der Waals surface area contributed by atoms with Crippen molar-refractivity contribution in [3.8, 4) is 0 Å². The Morgan fingerprint density at radius 2 is 2.29 bits per heavy atom. The van der Waals surface area contributed by atoms with E-state index in [1.807, 2.05) is 6.92 Å². The van der Waals surface area contributed by atoms with Crippen molar-refractivity contribution >= 4 is 5.91 Å². The number of ether oxygens (including phenoxy) is 1. The molecular weight excluding hydrogens is 216 g/mol. The Bertz CT molecular complexity index is 231. The van der Waals surface area contributed by atoms with Gasteiger partial charge in [0.1, 0.15) is 0 Å². The first-order chi connectivity index (χ1) is 8.11. The Labute approximate surface area is 105 Å². The molecule has 0 saturated carbocycles. The fraction of sp³-hybridized carbons (Fsp3) is 0.923.